The summed E-state index contributed by atoms with van der Waals surface area (Å²) in [7, 11) is 0. The van der Waals surface area contributed by atoms with Crippen molar-refractivity contribution in [2.24, 2.45) is 5.73 Å². The molecule has 0 aromatic heterocycles. The number of hydrogen-bond donors (Lipinski definition) is 2. The lowest BCUT2D eigenvalue weighted by Gasteiger charge is -2.25. The van der Waals surface area contributed by atoms with E-state index in [1.807, 2.05) is 11.8 Å². The molecule has 13 heavy (non-hydrogen) atoms. The second kappa shape index (κ2) is 3.90. The minimum absolute atomic E-state index is 0.409. The van der Waals surface area contributed by atoms with Gasteiger partial charge >= 0.3 is 0 Å². The number of benzene rings is 1. The Bertz CT molecular complexity index is 316. The second-order valence-electron chi connectivity index (χ2n) is 3.03. The topological polar surface area (TPSA) is 38.0 Å². The molecule has 1 aliphatic rings. The molecule has 0 radical (unpaired) electrons. The Balaban J connectivity index is 2.27. The van der Waals surface area contributed by atoms with Gasteiger partial charge in [0.15, 0.2) is 0 Å². The Morgan fingerprint density at radius 3 is 3.23 bits per heavy atom. The molecule has 1 atom stereocenters. The van der Waals surface area contributed by atoms with Crippen molar-refractivity contribution in [3.8, 4) is 0 Å². The van der Waals surface area contributed by atoms with E-state index in [-0.39, 0.29) is 0 Å². The first-order valence-electron chi connectivity index (χ1n) is 4.18. The summed E-state index contributed by atoms with van der Waals surface area (Å²) in [5, 5.41) is 3.41. The van der Waals surface area contributed by atoms with Crippen LogP contribution in [0.3, 0.4) is 0 Å². The molecule has 70 valence electrons. The summed E-state index contributed by atoms with van der Waals surface area (Å²) in [5.74, 6) is 1.06. The molecule has 2 nitrogen and oxygen atoms in total. The molecule has 0 amide bonds. The van der Waals surface area contributed by atoms with E-state index >= 15 is 0 Å². The summed E-state index contributed by atoms with van der Waals surface area (Å²) in [4.78, 5) is 1.31. The van der Waals surface area contributed by atoms with Gasteiger partial charge in [0.05, 0.1) is 0 Å². The predicted molar refractivity (Wildman–Crippen MR) is 61.3 cm³/mol. The first-order valence-corrected chi connectivity index (χ1v) is 5.96. The maximum absolute atomic E-state index is 5.61. The van der Waals surface area contributed by atoms with E-state index in [9.17, 15) is 0 Å². The standard InChI is InChI=1S/C9H11BrN2S/c10-6-1-2-9-8(3-6)12-7(4-11)5-13-9/h1-3,7,12H,4-5,11H2. The van der Waals surface area contributed by atoms with Crippen molar-refractivity contribution in [1.29, 1.82) is 0 Å². The summed E-state index contributed by atoms with van der Waals surface area (Å²) in [6, 6.07) is 6.70. The van der Waals surface area contributed by atoms with Gasteiger partial charge < -0.3 is 11.1 Å². The largest absolute Gasteiger partial charge is 0.379 e. The van der Waals surface area contributed by atoms with E-state index in [4.69, 9.17) is 5.73 Å². The lowest BCUT2D eigenvalue weighted by Crippen LogP contribution is -2.33. The van der Waals surface area contributed by atoms with Crippen molar-refractivity contribution >= 4 is 33.4 Å². The molecular weight excluding hydrogens is 248 g/mol. The minimum Gasteiger partial charge on any atom is -0.379 e. The van der Waals surface area contributed by atoms with Gasteiger partial charge in [0.25, 0.3) is 0 Å². The molecule has 1 unspecified atom stereocenters. The highest BCUT2D eigenvalue weighted by atomic mass is 79.9. The monoisotopic (exact) mass is 258 g/mol. The smallest absolute Gasteiger partial charge is 0.0492 e. The Hall–Kier alpha value is -0.190. The summed E-state index contributed by atoms with van der Waals surface area (Å²) >= 11 is 5.32. The first kappa shape index (κ1) is 9.37. The van der Waals surface area contributed by atoms with E-state index in [0.717, 1.165) is 10.2 Å². The van der Waals surface area contributed by atoms with Gasteiger partial charge in [-0.05, 0) is 18.2 Å². The molecule has 0 bridgehead atoms. The summed E-state index contributed by atoms with van der Waals surface area (Å²) < 4.78 is 1.11. The fraction of sp³-hybridized carbons (Fsp3) is 0.333. The highest BCUT2D eigenvalue weighted by Crippen LogP contribution is 2.34. The number of anilines is 1. The van der Waals surface area contributed by atoms with Crippen molar-refractivity contribution in [1.82, 2.24) is 0 Å². The van der Waals surface area contributed by atoms with Gasteiger partial charge in [-0.3, -0.25) is 0 Å². The predicted octanol–water partition coefficient (Wildman–Crippen LogP) is 2.29. The second-order valence-corrected chi connectivity index (χ2v) is 5.01. The van der Waals surface area contributed by atoms with Crippen LogP contribution in [0.15, 0.2) is 27.6 Å². The van der Waals surface area contributed by atoms with Gasteiger partial charge in [0.2, 0.25) is 0 Å². The molecule has 2 rings (SSSR count). The van der Waals surface area contributed by atoms with E-state index in [0.29, 0.717) is 12.6 Å². The summed E-state index contributed by atoms with van der Waals surface area (Å²) in [6.07, 6.45) is 0. The molecule has 3 N–H and O–H groups in total. The van der Waals surface area contributed by atoms with Crippen LogP contribution in [0.25, 0.3) is 0 Å². The Morgan fingerprint density at radius 2 is 2.46 bits per heavy atom. The van der Waals surface area contributed by atoms with Gasteiger partial charge in [-0.2, -0.15) is 0 Å². The first-order chi connectivity index (χ1) is 6.29. The summed E-state index contributed by atoms with van der Waals surface area (Å²) in [5.41, 5.74) is 6.81. The number of rotatable bonds is 1. The lowest BCUT2D eigenvalue weighted by molar-refractivity contribution is 0.803. The van der Waals surface area contributed by atoms with Gasteiger partial charge in [0, 0.05) is 33.4 Å². The van der Waals surface area contributed by atoms with Gasteiger partial charge in [-0.1, -0.05) is 15.9 Å². The van der Waals surface area contributed by atoms with Crippen molar-refractivity contribution in [2.45, 2.75) is 10.9 Å². The van der Waals surface area contributed by atoms with Crippen molar-refractivity contribution in [2.75, 3.05) is 17.6 Å². The molecule has 1 aromatic rings. The third-order valence-corrected chi connectivity index (χ3v) is 3.76. The molecule has 0 aliphatic carbocycles. The summed E-state index contributed by atoms with van der Waals surface area (Å²) in [6.45, 7) is 0.693. The quantitative estimate of drug-likeness (QED) is 0.812. The maximum Gasteiger partial charge on any atom is 0.0492 e. The maximum atomic E-state index is 5.61. The molecule has 0 fully saturated rings. The molecule has 0 saturated carbocycles. The average molecular weight is 259 g/mol. The van der Waals surface area contributed by atoms with E-state index < -0.39 is 0 Å². The normalized spacial score (nSPS) is 20.6. The molecule has 1 aliphatic heterocycles. The van der Waals surface area contributed by atoms with Crippen molar-refractivity contribution < 1.29 is 0 Å². The fourth-order valence-electron chi connectivity index (χ4n) is 1.32. The van der Waals surface area contributed by atoms with E-state index in [1.54, 1.807) is 0 Å². The SMILES string of the molecule is NCC1CSc2ccc(Br)cc2N1. The van der Waals surface area contributed by atoms with Crippen LogP contribution in [0.4, 0.5) is 5.69 Å². The Labute approximate surface area is 90.4 Å². The van der Waals surface area contributed by atoms with Crippen LogP contribution >= 0.6 is 27.7 Å². The zero-order valence-corrected chi connectivity index (χ0v) is 9.49. The van der Waals surface area contributed by atoms with Crippen molar-refractivity contribution in [3.63, 3.8) is 0 Å². The molecule has 1 aromatic carbocycles. The Kier molecular flexibility index (Phi) is 2.81. The minimum atomic E-state index is 0.409. The number of hydrogen-bond acceptors (Lipinski definition) is 3. The number of fused-ring (bicyclic) bond motifs is 1. The molecule has 0 spiro atoms. The fourth-order valence-corrected chi connectivity index (χ4v) is 2.72. The van der Waals surface area contributed by atoms with Crippen LogP contribution in [-0.4, -0.2) is 18.3 Å². The molecule has 0 saturated heterocycles. The van der Waals surface area contributed by atoms with Crippen LogP contribution in [-0.2, 0) is 0 Å². The van der Waals surface area contributed by atoms with Crippen LogP contribution in [0.5, 0.6) is 0 Å². The number of nitrogens with one attached hydrogen (secondary N) is 1. The highest BCUT2D eigenvalue weighted by Gasteiger charge is 2.16. The zero-order valence-electron chi connectivity index (χ0n) is 7.09. The van der Waals surface area contributed by atoms with Crippen LogP contribution in [0.1, 0.15) is 0 Å². The van der Waals surface area contributed by atoms with E-state index in [1.165, 1.54) is 10.6 Å². The average Bonchev–Trinajstić information content (AvgIpc) is 2.16. The highest BCUT2D eigenvalue weighted by molar-refractivity contribution is 9.10. The molecular formula is C9H11BrN2S. The molecule has 4 heteroatoms. The molecule has 1 heterocycles. The number of nitrogens with two attached hydrogens (primary N) is 1. The number of thioether (sulfide) groups is 1. The van der Waals surface area contributed by atoms with Crippen molar-refractivity contribution in [3.05, 3.63) is 22.7 Å². The van der Waals surface area contributed by atoms with Crippen LogP contribution in [0.2, 0.25) is 0 Å². The Morgan fingerprint density at radius 1 is 1.62 bits per heavy atom. The van der Waals surface area contributed by atoms with Gasteiger partial charge in [-0.25, -0.2) is 0 Å². The van der Waals surface area contributed by atoms with Gasteiger partial charge in [0.1, 0.15) is 0 Å². The lowest BCUT2D eigenvalue weighted by atomic mass is 10.2. The van der Waals surface area contributed by atoms with E-state index in [2.05, 4.69) is 39.4 Å². The third-order valence-electron chi connectivity index (χ3n) is 2.03. The van der Waals surface area contributed by atoms with Crippen LogP contribution < -0.4 is 11.1 Å². The third kappa shape index (κ3) is 2.00. The van der Waals surface area contributed by atoms with Gasteiger partial charge in [-0.15, -0.1) is 11.8 Å². The zero-order chi connectivity index (χ0) is 9.26. The van der Waals surface area contributed by atoms with Crippen LogP contribution in [0, 0.1) is 0 Å². The number of halogens is 1.